The number of amides is 2. The Bertz CT molecular complexity index is 765. The minimum absolute atomic E-state index is 0.0720. The SMILES string of the molecule is Cc1cc(C)n(CC(C)CNC(=O)Cc2csc(NC(=O)C(C)C)n2)n1. The van der Waals surface area contributed by atoms with Crippen LogP contribution in [-0.2, 0) is 22.6 Å². The van der Waals surface area contributed by atoms with Crippen molar-refractivity contribution in [2.24, 2.45) is 11.8 Å². The van der Waals surface area contributed by atoms with Crippen molar-refractivity contribution >= 4 is 28.3 Å². The van der Waals surface area contributed by atoms with Gasteiger partial charge in [0.25, 0.3) is 0 Å². The molecule has 0 aromatic carbocycles. The van der Waals surface area contributed by atoms with Crippen LogP contribution in [0.4, 0.5) is 5.13 Å². The van der Waals surface area contributed by atoms with Crippen molar-refractivity contribution < 1.29 is 9.59 Å². The van der Waals surface area contributed by atoms with Crippen LogP contribution < -0.4 is 10.6 Å². The molecule has 26 heavy (non-hydrogen) atoms. The van der Waals surface area contributed by atoms with E-state index in [-0.39, 0.29) is 30.1 Å². The van der Waals surface area contributed by atoms with E-state index in [4.69, 9.17) is 0 Å². The van der Waals surface area contributed by atoms with Gasteiger partial charge in [-0.1, -0.05) is 20.8 Å². The van der Waals surface area contributed by atoms with E-state index in [0.29, 0.717) is 17.4 Å². The summed E-state index contributed by atoms with van der Waals surface area (Å²) < 4.78 is 1.97. The molecule has 0 bridgehead atoms. The number of carbonyl (C=O) groups is 2. The molecule has 142 valence electrons. The van der Waals surface area contributed by atoms with Crippen LogP contribution in [0.25, 0.3) is 0 Å². The molecule has 0 fully saturated rings. The van der Waals surface area contributed by atoms with Gasteiger partial charge >= 0.3 is 0 Å². The number of hydrogen-bond acceptors (Lipinski definition) is 5. The maximum atomic E-state index is 12.1. The number of anilines is 1. The van der Waals surface area contributed by atoms with E-state index in [1.807, 2.05) is 38.4 Å². The van der Waals surface area contributed by atoms with Gasteiger partial charge < -0.3 is 10.6 Å². The van der Waals surface area contributed by atoms with Crippen molar-refractivity contribution in [2.45, 2.75) is 47.6 Å². The fraction of sp³-hybridized carbons (Fsp3) is 0.556. The smallest absolute Gasteiger partial charge is 0.228 e. The highest BCUT2D eigenvalue weighted by atomic mass is 32.1. The molecule has 7 nitrogen and oxygen atoms in total. The third kappa shape index (κ3) is 5.94. The Labute approximate surface area is 158 Å². The molecule has 2 N–H and O–H groups in total. The van der Waals surface area contributed by atoms with Gasteiger partial charge in [0.15, 0.2) is 5.13 Å². The predicted molar refractivity (Wildman–Crippen MR) is 103 cm³/mol. The highest BCUT2D eigenvalue weighted by molar-refractivity contribution is 7.13. The molecule has 2 rings (SSSR count). The van der Waals surface area contributed by atoms with E-state index in [1.54, 1.807) is 5.38 Å². The largest absolute Gasteiger partial charge is 0.355 e. The van der Waals surface area contributed by atoms with Gasteiger partial charge in [0, 0.05) is 30.1 Å². The number of hydrogen-bond donors (Lipinski definition) is 2. The Morgan fingerprint density at radius 3 is 2.62 bits per heavy atom. The molecule has 2 heterocycles. The van der Waals surface area contributed by atoms with E-state index < -0.39 is 0 Å². The van der Waals surface area contributed by atoms with E-state index >= 15 is 0 Å². The highest BCUT2D eigenvalue weighted by Crippen LogP contribution is 2.16. The average molecular weight is 378 g/mol. The summed E-state index contributed by atoms with van der Waals surface area (Å²) in [6.45, 7) is 11.1. The lowest BCUT2D eigenvalue weighted by molar-refractivity contribution is -0.120. The summed E-state index contributed by atoms with van der Waals surface area (Å²) in [5.41, 5.74) is 2.79. The van der Waals surface area contributed by atoms with Gasteiger partial charge in [0.05, 0.1) is 17.8 Å². The molecule has 8 heteroatoms. The average Bonchev–Trinajstić information content (AvgIpc) is 3.11. The molecular weight excluding hydrogens is 350 g/mol. The molecule has 0 aliphatic carbocycles. The standard InChI is InChI=1S/C18H27N5O2S/c1-11(2)17(25)21-18-20-15(10-26-18)7-16(24)19-8-12(3)9-23-14(5)6-13(4)22-23/h6,10-12H,7-9H2,1-5H3,(H,19,24)(H,20,21,25). The second-order valence-corrected chi connectivity index (χ2v) is 7.84. The van der Waals surface area contributed by atoms with Crippen molar-refractivity contribution in [3.63, 3.8) is 0 Å². The van der Waals surface area contributed by atoms with Crippen LogP contribution in [0.3, 0.4) is 0 Å². The Balaban J connectivity index is 1.77. The third-order valence-electron chi connectivity index (χ3n) is 3.88. The normalized spacial score (nSPS) is 12.2. The molecule has 2 amide bonds. The van der Waals surface area contributed by atoms with Crippen LogP contribution in [0, 0.1) is 25.7 Å². The molecule has 0 saturated carbocycles. The Morgan fingerprint density at radius 2 is 2.00 bits per heavy atom. The van der Waals surface area contributed by atoms with Crippen molar-refractivity contribution in [1.82, 2.24) is 20.1 Å². The van der Waals surface area contributed by atoms with Crippen molar-refractivity contribution in [2.75, 3.05) is 11.9 Å². The van der Waals surface area contributed by atoms with Crippen LogP contribution in [0.15, 0.2) is 11.4 Å². The quantitative estimate of drug-likeness (QED) is 0.740. The van der Waals surface area contributed by atoms with Gasteiger partial charge in [0.2, 0.25) is 11.8 Å². The van der Waals surface area contributed by atoms with Crippen LogP contribution >= 0.6 is 11.3 Å². The van der Waals surface area contributed by atoms with Crippen molar-refractivity contribution in [3.8, 4) is 0 Å². The first-order valence-corrected chi connectivity index (χ1v) is 9.65. The predicted octanol–water partition coefficient (Wildman–Crippen LogP) is 2.55. The van der Waals surface area contributed by atoms with Crippen LogP contribution in [-0.4, -0.2) is 33.1 Å². The summed E-state index contributed by atoms with van der Waals surface area (Å²) in [5.74, 6) is 0.0215. The van der Waals surface area contributed by atoms with Gasteiger partial charge in [0.1, 0.15) is 0 Å². The lowest BCUT2D eigenvalue weighted by atomic mass is 10.1. The zero-order valence-electron chi connectivity index (χ0n) is 16.0. The number of nitrogens with one attached hydrogen (secondary N) is 2. The Morgan fingerprint density at radius 1 is 1.27 bits per heavy atom. The molecule has 0 aliphatic heterocycles. The molecule has 1 unspecified atom stereocenters. The van der Waals surface area contributed by atoms with Gasteiger partial charge in [-0.25, -0.2) is 4.98 Å². The first-order chi connectivity index (χ1) is 12.2. The zero-order chi connectivity index (χ0) is 19.3. The molecule has 1 atom stereocenters. The third-order valence-corrected chi connectivity index (χ3v) is 4.69. The van der Waals surface area contributed by atoms with Gasteiger partial charge in [-0.05, 0) is 25.8 Å². The molecular formula is C18H27N5O2S. The number of aromatic nitrogens is 3. The summed E-state index contributed by atoms with van der Waals surface area (Å²) in [4.78, 5) is 28.1. The summed E-state index contributed by atoms with van der Waals surface area (Å²) >= 11 is 1.33. The molecule has 2 aromatic heterocycles. The molecule has 0 saturated heterocycles. The van der Waals surface area contributed by atoms with Crippen LogP contribution in [0.2, 0.25) is 0 Å². The second kappa shape index (κ2) is 8.93. The molecule has 2 aromatic rings. The first-order valence-electron chi connectivity index (χ1n) is 8.77. The highest BCUT2D eigenvalue weighted by Gasteiger charge is 2.13. The van der Waals surface area contributed by atoms with Crippen molar-refractivity contribution in [3.05, 3.63) is 28.5 Å². The Kier molecular flexibility index (Phi) is 6.90. The van der Waals surface area contributed by atoms with E-state index in [2.05, 4.69) is 27.6 Å². The first kappa shape index (κ1) is 20.1. The maximum absolute atomic E-state index is 12.1. The topological polar surface area (TPSA) is 88.9 Å². The minimum Gasteiger partial charge on any atom is -0.355 e. The number of thiazole rings is 1. The van der Waals surface area contributed by atoms with Gasteiger partial charge in [-0.15, -0.1) is 11.3 Å². The Hall–Kier alpha value is -2.22. The summed E-state index contributed by atoms with van der Waals surface area (Å²) in [5, 5.41) is 12.5. The fourth-order valence-electron chi connectivity index (χ4n) is 2.43. The van der Waals surface area contributed by atoms with E-state index in [0.717, 1.165) is 17.9 Å². The van der Waals surface area contributed by atoms with Crippen LogP contribution in [0.5, 0.6) is 0 Å². The fourth-order valence-corrected chi connectivity index (χ4v) is 3.14. The summed E-state index contributed by atoms with van der Waals surface area (Å²) in [6.07, 6.45) is 0.209. The second-order valence-electron chi connectivity index (χ2n) is 6.98. The van der Waals surface area contributed by atoms with E-state index in [9.17, 15) is 9.59 Å². The maximum Gasteiger partial charge on any atom is 0.228 e. The lowest BCUT2D eigenvalue weighted by Gasteiger charge is -2.13. The minimum atomic E-state index is -0.102. The summed E-state index contributed by atoms with van der Waals surface area (Å²) in [6, 6.07) is 2.04. The van der Waals surface area contributed by atoms with Gasteiger partial charge in [-0.3, -0.25) is 14.3 Å². The van der Waals surface area contributed by atoms with Crippen molar-refractivity contribution in [1.29, 1.82) is 0 Å². The number of rotatable bonds is 8. The number of carbonyl (C=O) groups excluding carboxylic acids is 2. The van der Waals surface area contributed by atoms with E-state index in [1.165, 1.54) is 11.3 Å². The molecule has 0 radical (unpaired) electrons. The molecule has 0 aliphatic rings. The molecule has 0 spiro atoms. The monoisotopic (exact) mass is 377 g/mol. The number of nitrogens with zero attached hydrogens (tertiary/aromatic N) is 3. The number of aryl methyl sites for hydroxylation is 2. The van der Waals surface area contributed by atoms with Crippen LogP contribution in [0.1, 0.15) is 37.9 Å². The lowest BCUT2D eigenvalue weighted by Crippen LogP contribution is -2.31. The zero-order valence-corrected chi connectivity index (χ0v) is 16.8. The van der Waals surface area contributed by atoms with Gasteiger partial charge in [-0.2, -0.15) is 5.10 Å². The summed E-state index contributed by atoms with van der Waals surface area (Å²) in [7, 11) is 0.